The number of carbonyl (C=O) groups is 1. The summed E-state index contributed by atoms with van der Waals surface area (Å²) in [7, 11) is 0. The molecule has 0 saturated heterocycles. The standard InChI is InChI=1S/C5H8F3NO3/c1-4(12,5(6,7)8)2(9)3(10)11/h2,12H,9H2,1H3,(H,10,11)/t2-,4-/m1/s1. The summed E-state index contributed by atoms with van der Waals surface area (Å²) in [6, 6.07) is -2.24. The maximum atomic E-state index is 11.9. The average Bonchev–Trinajstić information content (AvgIpc) is 1.83. The summed E-state index contributed by atoms with van der Waals surface area (Å²) in [5, 5.41) is 18.6. The van der Waals surface area contributed by atoms with Gasteiger partial charge in [-0.25, -0.2) is 0 Å². The Morgan fingerprint density at radius 1 is 1.58 bits per heavy atom. The summed E-state index contributed by atoms with van der Waals surface area (Å²) < 4.78 is 35.6. The van der Waals surface area contributed by atoms with Crippen molar-refractivity contribution in [3.05, 3.63) is 0 Å². The summed E-state index contributed by atoms with van der Waals surface area (Å²) in [5.41, 5.74) is -0.712. The molecule has 0 aromatic rings. The van der Waals surface area contributed by atoms with Gasteiger partial charge in [0.2, 0.25) is 5.60 Å². The van der Waals surface area contributed by atoms with Crippen LogP contribution < -0.4 is 10.8 Å². The zero-order valence-electron chi connectivity index (χ0n) is 6.18. The van der Waals surface area contributed by atoms with Gasteiger partial charge in [0.25, 0.3) is 0 Å². The van der Waals surface area contributed by atoms with Gasteiger partial charge in [-0.3, -0.25) is 0 Å². The summed E-state index contributed by atoms with van der Waals surface area (Å²) in [5.74, 6) is -2.04. The lowest BCUT2D eigenvalue weighted by atomic mass is 9.97. The van der Waals surface area contributed by atoms with Gasteiger partial charge in [0.05, 0.1) is 0 Å². The minimum atomic E-state index is -5.03. The molecule has 4 N–H and O–H groups in total. The number of carbonyl (C=O) groups excluding carboxylic acids is 1. The molecule has 0 aliphatic carbocycles. The van der Waals surface area contributed by atoms with E-state index in [1.165, 1.54) is 0 Å². The maximum absolute atomic E-state index is 11.9. The van der Waals surface area contributed by atoms with Crippen LogP contribution in [0.15, 0.2) is 0 Å². The molecule has 0 saturated carbocycles. The van der Waals surface area contributed by atoms with Crippen molar-refractivity contribution in [1.29, 1.82) is 0 Å². The smallest absolute Gasteiger partial charge is 0.423 e. The van der Waals surface area contributed by atoms with Gasteiger partial charge in [-0.05, 0) is 6.92 Å². The average molecular weight is 187 g/mol. The molecule has 0 unspecified atom stereocenters. The van der Waals surface area contributed by atoms with E-state index in [9.17, 15) is 23.1 Å². The number of quaternary nitrogens is 1. The van der Waals surface area contributed by atoms with E-state index in [0.29, 0.717) is 6.92 Å². The molecule has 0 bridgehead atoms. The third-order valence-electron chi connectivity index (χ3n) is 1.54. The van der Waals surface area contributed by atoms with E-state index in [2.05, 4.69) is 5.73 Å². The van der Waals surface area contributed by atoms with Crippen molar-refractivity contribution in [1.82, 2.24) is 0 Å². The zero-order chi connectivity index (χ0) is 10.2. The van der Waals surface area contributed by atoms with Crippen LogP contribution in [-0.2, 0) is 4.79 Å². The van der Waals surface area contributed by atoms with E-state index in [0.717, 1.165) is 0 Å². The first-order chi connectivity index (χ1) is 5.10. The second kappa shape index (κ2) is 2.91. The largest absolute Gasteiger partial charge is 0.544 e. The predicted molar refractivity (Wildman–Crippen MR) is 28.4 cm³/mol. The van der Waals surface area contributed by atoms with Crippen LogP contribution in [0, 0.1) is 0 Å². The third-order valence-corrected chi connectivity index (χ3v) is 1.54. The normalized spacial score (nSPS) is 19.8. The van der Waals surface area contributed by atoms with Crippen LogP contribution in [-0.4, -0.2) is 28.9 Å². The van der Waals surface area contributed by atoms with E-state index in [4.69, 9.17) is 5.11 Å². The van der Waals surface area contributed by atoms with Gasteiger partial charge >= 0.3 is 6.18 Å². The van der Waals surface area contributed by atoms with E-state index in [-0.39, 0.29) is 0 Å². The number of rotatable bonds is 2. The molecule has 0 heterocycles. The highest BCUT2D eigenvalue weighted by atomic mass is 19.4. The highest BCUT2D eigenvalue weighted by Crippen LogP contribution is 2.31. The number of alkyl halides is 3. The first-order valence-corrected chi connectivity index (χ1v) is 2.93. The summed E-state index contributed by atoms with van der Waals surface area (Å²) >= 11 is 0. The molecule has 0 aromatic heterocycles. The van der Waals surface area contributed by atoms with Crippen molar-refractivity contribution in [3.8, 4) is 0 Å². The Bertz CT molecular complexity index is 189. The molecule has 12 heavy (non-hydrogen) atoms. The lowest BCUT2D eigenvalue weighted by Gasteiger charge is -2.29. The Morgan fingerprint density at radius 2 is 1.92 bits per heavy atom. The molecule has 72 valence electrons. The Kier molecular flexibility index (Phi) is 2.71. The number of carboxylic acid groups (broad SMARTS) is 1. The highest BCUT2D eigenvalue weighted by Gasteiger charge is 2.56. The van der Waals surface area contributed by atoms with E-state index in [1.807, 2.05) is 0 Å². The topological polar surface area (TPSA) is 88.0 Å². The Balaban J connectivity index is 4.73. The molecule has 0 aliphatic rings. The molecular weight excluding hydrogens is 179 g/mol. The van der Waals surface area contributed by atoms with Gasteiger partial charge in [0.15, 0.2) is 6.04 Å². The fraction of sp³-hybridized carbons (Fsp3) is 0.800. The highest BCUT2D eigenvalue weighted by molar-refractivity contribution is 5.71. The van der Waals surface area contributed by atoms with Crippen molar-refractivity contribution in [2.24, 2.45) is 0 Å². The van der Waals surface area contributed by atoms with E-state index >= 15 is 0 Å². The molecule has 0 spiro atoms. The first-order valence-electron chi connectivity index (χ1n) is 2.93. The first kappa shape index (κ1) is 11.2. The minimum Gasteiger partial charge on any atom is -0.544 e. The molecule has 0 amide bonds. The second-order valence-electron chi connectivity index (χ2n) is 2.52. The lowest BCUT2D eigenvalue weighted by Crippen LogP contribution is -2.79. The van der Waals surface area contributed by atoms with Gasteiger partial charge < -0.3 is 20.7 Å². The van der Waals surface area contributed by atoms with Crippen molar-refractivity contribution in [2.45, 2.75) is 24.7 Å². The molecule has 0 radical (unpaired) electrons. The zero-order valence-corrected chi connectivity index (χ0v) is 6.18. The predicted octanol–water partition coefficient (Wildman–Crippen LogP) is -2.34. The third kappa shape index (κ3) is 1.86. The fourth-order valence-electron chi connectivity index (χ4n) is 0.427. The molecule has 7 heteroatoms. The minimum absolute atomic E-state index is 0.334. The Hall–Kier alpha value is -0.820. The van der Waals surface area contributed by atoms with Crippen molar-refractivity contribution < 1.29 is 33.9 Å². The quantitative estimate of drug-likeness (QED) is 0.507. The van der Waals surface area contributed by atoms with Crippen LogP contribution in [0.5, 0.6) is 0 Å². The van der Waals surface area contributed by atoms with Crippen LogP contribution in [0.1, 0.15) is 6.92 Å². The fourth-order valence-corrected chi connectivity index (χ4v) is 0.427. The Morgan fingerprint density at radius 3 is 2.00 bits per heavy atom. The van der Waals surface area contributed by atoms with Crippen molar-refractivity contribution >= 4 is 5.97 Å². The molecule has 0 rings (SSSR count). The van der Waals surface area contributed by atoms with Gasteiger partial charge in [-0.1, -0.05) is 0 Å². The summed E-state index contributed by atoms with van der Waals surface area (Å²) in [4.78, 5) is 9.96. The number of hydrogen-bond acceptors (Lipinski definition) is 3. The van der Waals surface area contributed by atoms with Gasteiger partial charge in [-0.15, -0.1) is 0 Å². The SMILES string of the molecule is C[C@@](O)([C@H]([NH3+])C(=O)[O-])C(F)(F)F. The number of halogens is 3. The van der Waals surface area contributed by atoms with Gasteiger partial charge in [0, 0.05) is 0 Å². The van der Waals surface area contributed by atoms with E-state index in [1.54, 1.807) is 0 Å². The lowest BCUT2D eigenvalue weighted by molar-refractivity contribution is -0.484. The Labute approximate surface area is 65.8 Å². The number of aliphatic carboxylic acids is 1. The molecule has 0 aliphatic heterocycles. The molecule has 0 fully saturated rings. The van der Waals surface area contributed by atoms with Crippen molar-refractivity contribution in [2.75, 3.05) is 0 Å². The molecule has 2 atom stereocenters. The van der Waals surface area contributed by atoms with Gasteiger partial charge in [-0.2, -0.15) is 13.2 Å². The van der Waals surface area contributed by atoms with Crippen LogP contribution in [0.2, 0.25) is 0 Å². The van der Waals surface area contributed by atoms with Crippen LogP contribution in [0.4, 0.5) is 13.2 Å². The van der Waals surface area contributed by atoms with Crippen LogP contribution in [0.25, 0.3) is 0 Å². The molecular formula is C5H8F3NO3. The van der Waals surface area contributed by atoms with Crippen LogP contribution >= 0.6 is 0 Å². The number of aliphatic hydroxyl groups is 1. The maximum Gasteiger partial charge on any atom is 0.423 e. The van der Waals surface area contributed by atoms with Crippen molar-refractivity contribution in [3.63, 3.8) is 0 Å². The number of hydrogen-bond donors (Lipinski definition) is 2. The monoisotopic (exact) mass is 187 g/mol. The molecule has 4 nitrogen and oxygen atoms in total. The second-order valence-corrected chi connectivity index (χ2v) is 2.52. The van der Waals surface area contributed by atoms with Gasteiger partial charge in [0.1, 0.15) is 5.97 Å². The molecule has 0 aromatic carbocycles. The van der Waals surface area contributed by atoms with E-state index < -0.39 is 23.8 Å². The summed E-state index contributed by atoms with van der Waals surface area (Å²) in [6.45, 7) is 0.334. The summed E-state index contributed by atoms with van der Waals surface area (Å²) in [6.07, 6.45) is -5.03. The number of carboxylic acids is 1. The van der Waals surface area contributed by atoms with Crippen LogP contribution in [0.3, 0.4) is 0 Å².